The van der Waals surface area contributed by atoms with E-state index >= 15 is 0 Å². The molecule has 3 rings (SSSR count). The summed E-state index contributed by atoms with van der Waals surface area (Å²) in [6, 6.07) is 9.25. The normalized spacial score (nSPS) is 13.2. The average Bonchev–Trinajstić information content (AvgIpc) is 2.66. The van der Waals surface area contributed by atoms with Gasteiger partial charge in [-0.2, -0.15) is 0 Å². The van der Waals surface area contributed by atoms with Gasteiger partial charge in [-0.15, -0.1) is 0 Å². The maximum atomic E-state index is 12.1. The van der Waals surface area contributed by atoms with Gasteiger partial charge in [0, 0.05) is 21.6 Å². The van der Waals surface area contributed by atoms with Gasteiger partial charge in [0.15, 0.2) is 11.5 Å². The second-order valence-electron chi connectivity index (χ2n) is 5.85. The summed E-state index contributed by atoms with van der Waals surface area (Å²) in [4.78, 5) is 12.0. The van der Waals surface area contributed by atoms with Crippen LogP contribution in [0.25, 0.3) is 0 Å². The molecule has 0 spiro atoms. The van der Waals surface area contributed by atoms with Gasteiger partial charge in [-0.25, -0.2) is 13.1 Å². The van der Waals surface area contributed by atoms with E-state index in [0.29, 0.717) is 29.7 Å². The van der Waals surface area contributed by atoms with Crippen molar-refractivity contribution in [3.63, 3.8) is 0 Å². The Bertz CT molecular complexity index is 965. The second kappa shape index (κ2) is 9.13. The van der Waals surface area contributed by atoms with Crippen molar-refractivity contribution in [1.82, 2.24) is 4.72 Å². The van der Waals surface area contributed by atoms with Crippen LogP contribution in [0.5, 0.6) is 11.5 Å². The summed E-state index contributed by atoms with van der Waals surface area (Å²) in [6.45, 7) is 0.896. The first kappa shape index (κ1) is 20.9. The number of benzene rings is 2. The monoisotopic (exact) mass is 489 g/mol. The van der Waals surface area contributed by atoms with E-state index in [9.17, 15) is 13.2 Å². The highest BCUT2D eigenvalue weighted by Gasteiger charge is 2.17. The van der Waals surface area contributed by atoms with Crippen LogP contribution in [0.4, 0.5) is 0 Å². The van der Waals surface area contributed by atoms with Gasteiger partial charge in [-0.05, 0) is 36.4 Å². The first-order chi connectivity index (χ1) is 13.3. The Morgan fingerprint density at radius 1 is 1.14 bits per heavy atom. The van der Waals surface area contributed by atoms with Crippen LogP contribution in [0.15, 0.2) is 45.8 Å². The molecule has 7 nitrogen and oxygen atoms in total. The molecule has 0 saturated carbocycles. The van der Waals surface area contributed by atoms with Gasteiger partial charge in [0.25, 0.3) is 0 Å². The molecule has 0 radical (unpaired) electrons. The fraction of sp³-hybridized carbons (Fsp3) is 0.278. The molecule has 10 heteroatoms. The molecule has 1 aliphatic rings. The minimum atomic E-state index is -3.71. The number of carbonyl (C=O) groups excluding carboxylic acids is 1. The van der Waals surface area contributed by atoms with Gasteiger partial charge in [0.2, 0.25) is 10.0 Å². The van der Waals surface area contributed by atoms with E-state index < -0.39 is 16.0 Å². The summed E-state index contributed by atoms with van der Waals surface area (Å²) < 4.78 is 43.6. The Kier molecular flexibility index (Phi) is 6.82. The second-order valence-corrected chi connectivity index (χ2v) is 8.91. The van der Waals surface area contributed by atoms with E-state index in [1.54, 1.807) is 12.1 Å². The molecule has 28 heavy (non-hydrogen) atoms. The zero-order chi connectivity index (χ0) is 20.1. The number of sulfonamides is 1. The van der Waals surface area contributed by atoms with Crippen molar-refractivity contribution < 1.29 is 27.4 Å². The summed E-state index contributed by atoms with van der Waals surface area (Å²) in [7, 11) is -3.71. The lowest BCUT2D eigenvalue weighted by atomic mass is 10.2. The van der Waals surface area contributed by atoms with Crippen LogP contribution in [-0.4, -0.2) is 34.1 Å². The van der Waals surface area contributed by atoms with Gasteiger partial charge < -0.3 is 14.2 Å². The van der Waals surface area contributed by atoms with Crippen molar-refractivity contribution in [2.75, 3.05) is 19.8 Å². The lowest BCUT2D eigenvalue weighted by Crippen LogP contribution is -2.26. The number of rotatable bonds is 7. The highest BCUT2D eigenvalue weighted by molar-refractivity contribution is 9.10. The summed E-state index contributed by atoms with van der Waals surface area (Å²) in [5.74, 6) is 0.696. The molecule has 1 heterocycles. The molecule has 0 unspecified atom stereocenters. The molecule has 1 N–H and O–H groups in total. The molecular weight excluding hydrogens is 474 g/mol. The summed E-state index contributed by atoms with van der Waals surface area (Å²) in [6.07, 6.45) is -0.102. The third-order valence-corrected chi connectivity index (χ3v) is 6.31. The molecule has 0 aliphatic carbocycles. The molecule has 0 aromatic heterocycles. The van der Waals surface area contributed by atoms with Crippen molar-refractivity contribution in [2.45, 2.75) is 17.9 Å². The predicted octanol–water partition coefficient (Wildman–Crippen LogP) is 3.29. The molecule has 0 fully saturated rings. The maximum Gasteiger partial charge on any atom is 0.307 e. The number of ether oxygens (including phenoxy) is 3. The standard InChI is InChI=1S/C18H17BrClNO6S/c19-15-10-17-16(25-7-8-26-17)9-12(15)11-27-18(22)5-6-21-28(23,24)14-3-1-13(20)2-4-14/h1-4,9-10,21H,5-8,11H2. The lowest BCUT2D eigenvalue weighted by Gasteiger charge is -2.19. The van der Waals surface area contributed by atoms with Crippen molar-refractivity contribution in [2.24, 2.45) is 0 Å². The number of hydrogen-bond donors (Lipinski definition) is 1. The Labute approximate surface area is 176 Å². The number of carbonyl (C=O) groups is 1. The van der Waals surface area contributed by atoms with Gasteiger partial charge in [-0.1, -0.05) is 27.5 Å². The lowest BCUT2D eigenvalue weighted by molar-refractivity contribution is -0.144. The topological polar surface area (TPSA) is 90.9 Å². The van der Waals surface area contributed by atoms with Crippen LogP contribution in [0.1, 0.15) is 12.0 Å². The van der Waals surface area contributed by atoms with Crippen molar-refractivity contribution in [3.05, 3.63) is 51.5 Å². The first-order valence-corrected chi connectivity index (χ1v) is 11.0. The largest absolute Gasteiger partial charge is 0.486 e. The summed E-state index contributed by atoms with van der Waals surface area (Å²) in [5, 5.41) is 0.438. The molecule has 0 atom stereocenters. The van der Waals surface area contributed by atoms with Crippen molar-refractivity contribution in [3.8, 4) is 11.5 Å². The van der Waals surface area contributed by atoms with Gasteiger partial charge in [0.05, 0.1) is 11.3 Å². The van der Waals surface area contributed by atoms with E-state index in [-0.39, 0.29) is 24.5 Å². The van der Waals surface area contributed by atoms with Crippen LogP contribution in [0, 0.1) is 0 Å². The Morgan fingerprint density at radius 2 is 1.79 bits per heavy atom. The maximum absolute atomic E-state index is 12.1. The van der Waals surface area contributed by atoms with Crippen LogP contribution in [0.2, 0.25) is 5.02 Å². The minimum Gasteiger partial charge on any atom is -0.486 e. The van der Waals surface area contributed by atoms with Gasteiger partial charge >= 0.3 is 5.97 Å². The van der Waals surface area contributed by atoms with Crippen LogP contribution in [0.3, 0.4) is 0 Å². The fourth-order valence-electron chi connectivity index (χ4n) is 2.43. The molecule has 2 aromatic carbocycles. The highest BCUT2D eigenvalue weighted by Crippen LogP contribution is 2.35. The van der Waals surface area contributed by atoms with E-state index in [4.69, 9.17) is 25.8 Å². The number of hydrogen-bond acceptors (Lipinski definition) is 6. The fourth-order valence-corrected chi connectivity index (χ4v) is 4.03. The number of halogens is 2. The van der Waals surface area contributed by atoms with Crippen LogP contribution >= 0.6 is 27.5 Å². The van der Waals surface area contributed by atoms with E-state index in [1.165, 1.54) is 24.3 Å². The zero-order valence-electron chi connectivity index (χ0n) is 14.6. The van der Waals surface area contributed by atoms with Gasteiger partial charge in [-0.3, -0.25) is 4.79 Å². The molecular formula is C18H17BrClNO6S. The summed E-state index contributed by atoms with van der Waals surface area (Å²) >= 11 is 9.16. The molecule has 0 saturated heterocycles. The van der Waals surface area contributed by atoms with E-state index in [0.717, 1.165) is 10.0 Å². The minimum absolute atomic E-state index is 0.0278. The van der Waals surface area contributed by atoms with E-state index in [1.807, 2.05) is 0 Å². The number of esters is 1. The van der Waals surface area contributed by atoms with Crippen LogP contribution in [-0.2, 0) is 26.2 Å². The van der Waals surface area contributed by atoms with Crippen LogP contribution < -0.4 is 14.2 Å². The Balaban J connectivity index is 1.49. The van der Waals surface area contributed by atoms with Crippen molar-refractivity contribution >= 4 is 43.5 Å². The third kappa shape index (κ3) is 5.38. The zero-order valence-corrected chi connectivity index (χ0v) is 17.8. The Morgan fingerprint density at radius 3 is 2.46 bits per heavy atom. The average molecular weight is 491 g/mol. The summed E-state index contributed by atoms with van der Waals surface area (Å²) in [5.41, 5.74) is 0.722. The molecule has 150 valence electrons. The molecule has 0 amide bonds. The Hall–Kier alpha value is -1.81. The predicted molar refractivity (Wildman–Crippen MR) is 106 cm³/mol. The van der Waals surface area contributed by atoms with Gasteiger partial charge in [0.1, 0.15) is 19.8 Å². The molecule has 1 aliphatic heterocycles. The highest BCUT2D eigenvalue weighted by atomic mass is 79.9. The molecule has 0 bridgehead atoms. The van der Waals surface area contributed by atoms with E-state index in [2.05, 4.69) is 20.7 Å². The molecule has 2 aromatic rings. The number of fused-ring (bicyclic) bond motifs is 1. The first-order valence-electron chi connectivity index (χ1n) is 8.34. The third-order valence-electron chi connectivity index (χ3n) is 3.85. The number of nitrogens with one attached hydrogen (secondary N) is 1. The SMILES string of the molecule is O=C(CCNS(=O)(=O)c1ccc(Cl)cc1)OCc1cc2c(cc1Br)OCCO2. The quantitative estimate of drug-likeness (QED) is 0.599. The smallest absolute Gasteiger partial charge is 0.307 e. The van der Waals surface area contributed by atoms with Crippen molar-refractivity contribution in [1.29, 1.82) is 0 Å².